The van der Waals surface area contributed by atoms with Gasteiger partial charge in [-0.15, -0.1) is 12.4 Å². The van der Waals surface area contributed by atoms with E-state index in [1.54, 1.807) is 0 Å². The quantitative estimate of drug-likeness (QED) is 0.881. The van der Waals surface area contributed by atoms with Crippen molar-refractivity contribution < 1.29 is 27.8 Å². The average molecular weight is 354 g/mol. The number of rotatable bonds is 5. The number of carbonyl (C=O) groups is 1. The van der Waals surface area contributed by atoms with Crippen LogP contribution in [-0.4, -0.2) is 41.7 Å². The van der Waals surface area contributed by atoms with Crippen molar-refractivity contribution in [2.45, 2.75) is 31.5 Å². The van der Waals surface area contributed by atoms with Crippen molar-refractivity contribution >= 4 is 18.4 Å². The summed E-state index contributed by atoms with van der Waals surface area (Å²) < 4.78 is 42.7. The number of piperidine rings is 1. The summed E-state index contributed by atoms with van der Waals surface area (Å²) >= 11 is 0. The summed E-state index contributed by atoms with van der Waals surface area (Å²) in [7, 11) is 0. The number of aliphatic carboxylic acids is 1. The molecule has 1 aromatic rings. The molecule has 0 aliphatic carbocycles. The first-order valence-corrected chi connectivity index (χ1v) is 7.15. The molecule has 0 saturated carbocycles. The van der Waals surface area contributed by atoms with E-state index in [2.05, 4.69) is 0 Å². The van der Waals surface area contributed by atoms with Crippen molar-refractivity contribution in [2.24, 2.45) is 0 Å². The summed E-state index contributed by atoms with van der Waals surface area (Å²) in [5.41, 5.74) is -0.721. The van der Waals surface area contributed by atoms with Crippen LogP contribution in [0.4, 0.5) is 13.2 Å². The van der Waals surface area contributed by atoms with E-state index in [-0.39, 0.29) is 19.0 Å². The van der Waals surface area contributed by atoms with Crippen molar-refractivity contribution in [3.63, 3.8) is 0 Å². The van der Waals surface area contributed by atoms with Gasteiger partial charge in [-0.3, -0.25) is 9.69 Å². The minimum atomic E-state index is -4.36. The van der Waals surface area contributed by atoms with E-state index < -0.39 is 23.8 Å². The maximum absolute atomic E-state index is 12.4. The second-order valence-corrected chi connectivity index (χ2v) is 5.26. The third-order valence-electron chi connectivity index (χ3n) is 3.73. The van der Waals surface area contributed by atoms with Crippen LogP contribution >= 0.6 is 12.4 Å². The highest BCUT2D eigenvalue weighted by atomic mass is 35.5. The van der Waals surface area contributed by atoms with E-state index in [0.717, 1.165) is 25.0 Å². The molecule has 1 aliphatic heterocycles. The van der Waals surface area contributed by atoms with Gasteiger partial charge < -0.3 is 9.84 Å². The van der Waals surface area contributed by atoms with Crippen molar-refractivity contribution in [2.75, 3.05) is 19.7 Å². The van der Waals surface area contributed by atoms with Crippen LogP contribution < -0.4 is 4.74 Å². The van der Waals surface area contributed by atoms with Gasteiger partial charge in [0.05, 0.1) is 5.56 Å². The molecule has 4 nitrogen and oxygen atoms in total. The fourth-order valence-corrected chi connectivity index (χ4v) is 2.56. The summed E-state index contributed by atoms with van der Waals surface area (Å²) in [6.45, 7) is 1.39. The molecule has 130 valence electrons. The van der Waals surface area contributed by atoms with E-state index in [1.165, 1.54) is 12.1 Å². The first-order chi connectivity index (χ1) is 10.4. The number of likely N-dealkylation sites (tertiary alicyclic amines) is 1. The van der Waals surface area contributed by atoms with Gasteiger partial charge in [-0.05, 0) is 43.7 Å². The van der Waals surface area contributed by atoms with Crippen molar-refractivity contribution in [1.82, 2.24) is 4.90 Å². The molecule has 0 radical (unpaired) electrons. The lowest BCUT2D eigenvalue weighted by molar-refractivity contribution is -0.144. The average Bonchev–Trinajstić information content (AvgIpc) is 2.47. The number of carboxylic acids is 1. The lowest BCUT2D eigenvalue weighted by atomic mass is 10.0. The highest BCUT2D eigenvalue weighted by Crippen LogP contribution is 2.30. The number of benzene rings is 1. The Hall–Kier alpha value is -1.47. The number of ether oxygens (including phenoxy) is 1. The Labute approximate surface area is 138 Å². The van der Waals surface area contributed by atoms with Crippen molar-refractivity contribution in [3.05, 3.63) is 29.8 Å². The number of carboxylic acid groups (broad SMARTS) is 1. The molecule has 1 heterocycles. The van der Waals surface area contributed by atoms with E-state index in [1.807, 2.05) is 4.90 Å². The molecule has 1 aliphatic rings. The fourth-order valence-electron chi connectivity index (χ4n) is 2.56. The maximum Gasteiger partial charge on any atom is 0.416 e. The molecule has 1 N–H and O–H groups in total. The van der Waals surface area contributed by atoms with Crippen LogP contribution in [0.3, 0.4) is 0 Å². The number of halogens is 4. The maximum atomic E-state index is 12.4. The minimum Gasteiger partial charge on any atom is -0.492 e. The Kier molecular flexibility index (Phi) is 7.15. The van der Waals surface area contributed by atoms with Gasteiger partial charge in [0.2, 0.25) is 0 Å². The Morgan fingerprint density at radius 2 is 1.91 bits per heavy atom. The van der Waals surface area contributed by atoms with E-state index >= 15 is 0 Å². The lowest BCUT2D eigenvalue weighted by Gasteiger charge is -2.32. The Bertz CT molecular complexity index is 508. The molecule has 23 heavy (non-hydrogen) atoms. The standard InChI is InChI=1S/C15H18F3NO3.ClH/c16-15(17,18)11-4-6-12(7-5-11)22-10-9-19-8-2-1-3-13(19)14(20)21;/h4-7,13H,1-3,8-10H2,(H,20,21);1H. The zero-order valence-corrected chi connectivity index (χ0v) is 13.2. The molecule has 0 aromatic heterocycles. The van der Waals surface area contributed by atoms with Crippen LogP contribution in [0.1, 0.15) is 24.8 Å². The van der Waals surface area contributed by atoms with E-state index in [9.17, 15) is 18.0 Å². The van der Waals surface area contributed by atoms with Gasteiger partial charge in [-0.1, -0.05) is 6.42 Å². The zero-order chi connectivity index (χ0) is 16.2. The molecular formula is C15H19ClF3NO3. The largest absolute Gasteiger partial charge is 0.492 e. The van der Waals surface area contributed by atoms with Gasteiger partial charge >= 0.3 is 12.1 Å². The first-order valence-electron chi connectivity index (χ1n) is 7.15. The Morgan fingerprint density at radius 1 is 1.26 bits per heavy atom. The van der Waals surface area contributed by atoms with Crippen LogP contribution in [-0.2, 0) is 11.0 Å². The second kappa shape index (κ2) is 8.40. The number of alkyl halides is 3. The summed E-state index contributed by atoms with van der Waals surface area (Å²) in [6.07, 6.45) is -1.89. The van der Waals surface area contributed by atoms with Gasteiger partial charge in [0.1, 0.15) is 18.4 Å². The molecule has 1 fully saturated rings. The number of hydrogen-bond acceptors (Lipinski definition) is 3. The highest BCUT2D eigenvalue weighted by molar-refractivity contribution is 5.85. The third-order valence-corrected chi connectivity index (χ3v) is 3.73. The second-order valence-electron chi connectivity index (χ2n) is 5.26. The molecule has 1 unspecified atom stereocenters. The molecule has 0 spiro atoms. The van der Waals surface area contributed by atoms with Gasteiger partial charge in [0.25, 0.3) is 0 Å². The molecule has 1 atom stereocenters. The lowest BCUT2D eigenvalue weighted by Crippen LogP contribution is -2.46. The van der Waals surface area contributed by atoms with E-state index in [0.29, 0.717) is 25.3 Å². The molecule has 0 bridgehead atoms. The zero-order valence-electron chi connectivity index (χ0n) is 12.4. The van der Waals surface area contributed by atoms with Gasteiger partial charge in [0.15, 0.2) is 0 Å². The first kappa shape index (κ1) is 19.6. The molecule has 2 rings (SSSR count). The van der Waals surface area contributed by atoms with Gasteiger partial charge in [-0.2, -0.15) is 13.2 Å². The predicted octanol–water partition coefficient (Wildman–Crippen LogP) is 3.45. The molecule has 8 heteroatoms. The SMILES string of the molecule is Cl.O=C(O)C1CCCCN1CCOc1ccc(C(F)(F)F)cc1. The van der Waals surface area contributed by atoms with Crippen LogP contribution in [0.15, 0.2) is 24.3 Å². The summed E-state index contributed by atoms with van der Waals surface area (Å²) in [5.74, 6) is -0.494. The fraction of sp³-hybridized carbons (Fsp3) is 0.533. The Morgan fingerprint density at radius 3 is 2.48 bits per heavy atom. The van der Waals surface area contributed by atoms with Crippen LogP contribution in [0, 0.1) is 0 Å². The molecular weight excluding hydrogens is 335 g/mol. The minimum absolute atomic E-state index is 0. The third kappa shape index (κ3) is 5.58. The van der Waals surface area contributed by atoms with E-state index in [4.69, 9.17) is 9.84 Å². The van der Waals surface area contributed by atoms with Crippen LogP contribution in [0.5, 0.6) is 5.75 Å². The molecule has 1 saturated heterocycles. The molecule has 1 aromatic carbocycles. The molecule has 0 amide bonds. The van der Waals surface area contributed by atoms with Crippen LogP contribution in [0.2, 0.25) is 0 Å². The summed E-state index contributed by atoms with van der Waals surface area (Å²) in [4.78, 5) is 13.0. The van der Waals surface area contributed by atoms with Crippen molar-refractivity contribution in [1.29, 1.82) is 0 Å². The number of hydrogen-bond donors (Lipinski definition) is 1. The van der Waals surface area contributed by atoms with Gasteiger partial charge in [-0.25, -0.2) is 0 Å². The number of nitrogens with zero attached hydrogens (tertiary/aromatic N) is 1. The monoisotopic (exact) mass is 353 g/mol. The van der Waals surface area contributed by atoms with Crippen molar-refractivity contribution in [3.8, 4) is 5.75 Å². The van der Waals surface area contributed by atoms with Crippen LogP contribution in [0.25, 0.3) is 0 Å². The van der Waals surface area contributed by atoms with Gasteiger partial charge in [0, 0.05) is 6.54 Å². The highest BCUT2D eigenvalue weighted by Gasteiger charge is 2.30. The Balaban J connectivity index is 0.00000264. The topological polar surface area (TPSA) is 49.8 Å². The summed E-state index contributed by atoms with van der Waals surface area (Å²) in [6, 6.07) is 3.98. The normalized spacial score (nSPS) is 19.0. The smallest absolute Gasteiger partial charge is 0.416 e. The predicted molar refractivity (Wildman–Crippen MR) is 81.0 cm³/mol. The summed E-state index contributed by atoms with van der Waals surface area (Å²) in [5, 5.41) is 9.14.